The van der Waals surface area contributed by atoms with Crippen LogP contribution in [0, 0.1) is 0 Å². The van der Waals surface area contributed by atoms with Crippen LogP contribution < -0.4 is 10.1 Å². The van der Waals surface area contributed by atoms with Gasteiger partial charge in [-0.05, 0) is 29.3 Å². The Morgan fingerprint density at radius 3 is 2.80 bits per heavy atom. The third-order valence-corrected chi connectivity index (χ3v) is 4.64. The maximum Gasteiger partial charge on any atom is 0.265 e. The largest absolute Gasteiger partial charge is 0.480 e. The van der Waals surface area contributed by atoms with Crippen molar-refractivity contribution in [3.8, 4) is 5.75 Å². The van der Waals surface area contributed by atoms with Crippen molar-refractivity contribution in [2.75, 3.05) is 31.6 Å². The van der Waals surface area contributed by atoms with Crippen molar-refractivity contribution in [1.82, 2.24) is 4.90 Å². The van der Waals surface area contributed by atoms with Crippen LogP contribution >= 0.6 is 0 Å². The van der Waals surface area contributed by atoms with Gasteiger partial charge < -0.3 is 14.8 Å². The molecule has 1 saturated heterocycles. The van der Waals surface area contributed by atoms with E-state index < -0.39 is 6.10 Å². The highest BCUT2D eigenvalue weighted by Crippen LogP contribution is 2.28. The fourth-order valence-corrected chi connectivity index (χ4v) is 3.32. The number of fused-ring (bicyclic) bond motifs is 1. The van der Waals surface area contributed by atoms with Crippen LogP contribution in [-0.2, 0) is 22.5 Å². The number of rotatable bonds is 4. The second-order valence-electron chi connectivity index (χ2n) is 6.50. The second-order valence-corrected chi connectivity index (χ2v) is 6.50. The summed E-state index contributed by atoms with van der Waals surface area (Å²) in [4.78, 5) is 14.9. The van der Waals surface area contributed by atoms with Crippen molar-refractivity contribution in [2.24, 2.45) is 0 Å². The molecule has 4 rings (SSSR count). The van der Waals surface area contributed by atoms with Gasteiger partial charge in [0.2, 0.25) is 0 Å². The molecule has 2 aliphatic rings. The molecule has 1 N–H and O–H groups in total. The predicted molar refractivity (Wildman–Crippen MR) is 95.7 cm³/mol. The van der Waals surface area contributed by atoms with Gasteiger partial charge in [0.25, 0.3) is 5.91 Å². The lowest BCUT2D eigenvalue weighted by atomic mass is 10.1. The van der Waals surface area contributed by atoms with E-state index >= 15 is 0 Å². The lowest BCUT2D eigenvalue weighted by molar-refractivity contribution is -0.122. The molecule has 5 nitrogen and oxygen atoms in total. The van der Waals surface area contributed by atoms with E-state index in [1.807, 2.05) is 42.5 Å². The summed E-state index contributed by atoms with van der Waals surface area (Å²) in [6, 6.07) is 15.8. The first-order valence-corrected chi connectivity index (χ1v) is 8.72. The molecule has 2 aliphatic heterocycles. The second kappa shape index (κ2) is 7.25. The van der Waals surface area contributed by atoms with Crippen LogP contribution in [-0.4, -0.2) is 43.2 Å². The third-order valence-electron chi connectivity index (χ3n) is 4.64. The number of anilines is 1. The highest BCUT2D eigenvalue weighted by molar-refractivity contribution is 5.95. The third kappa shape index (κ3) is 3.83. The van der Waals surface area contributed by atoms with E-state index in [-0.39, 0.29) is 5.91 Å². The fraction of sp³-hybridized carbons (Fsp3) is 0.350. The molecule has 1 atom stereocenters. The van der Waals surface area contributed by atoms with E-state index in [9.17, 15) is 4.79 Å². The Morgan fingerprint density at radius 1 is 1.12 bits per heavy atom. The first kappa shape index (κ1) is 16.1. The molecule has 0 radical (unpaired) electrons. The van der Waals surface area contributed by atoms with Gasteiger partial charge in [-0.1, -0.05) is 30.3 Å². The van der Waals surface area contributed by atoms with Crippen molar-refractivity contribution in [3.05, 3.63) is 59.7 Å². The highest BCUT2D eigenvalue weighted by Gasteiger charge is 2.28. The number of nitrogens with one attached hydrogen (secondary N) is 1. The van der Waals surface area contributed by atoms with Crippen molar-refractivity contribution in [3.63, 3.8) is 0 Å². The summed E-state index contributed by atoms with van der Waals surface area (Å²) in [6.07, 6.45) is 0.162. The molecule has 1 amide bonds. The minimum absolute atomic E-state index is 0.0975. The topological polar surface area (TPSA) is 50.8 Å². The summed E-state index contributed by atoms with van der Waals surface area (Å²) in [5, 5.41) is 2.99. The van der Waals surface area contributed by atoms with Crippen LogP contribution in [0.2, 0.25) is 0 Å². The number of carbonyl (C=O) groups is 1. The zero-order valence-corrected chi connectivity index (χ0v) is 14.1. The van der Waals surface area contributed by atoms with E-state index in [0.29, 0.717) is 6.42 Å². The molecule has 0 bridgehead atoms. The minimum atomic E-state index is -0.458. The lowest BCUT2D eigenvalue weighted by Gasteiger charge is -2.26. The number of morpholine rings is 1. The maximum atomic E-state index is 12.5. The van der Waals surface area contributed by atoms with Gasteiger partial charge in [-0.25, -0.2) is 0 Å². The van der Waals surface area contributed by atoms with Crippen LogP contribution in [0.5, 0.6) is 5.75 Å². The normalized spacial score (nSPS) is 19.9. The van der Waals surface area contributed by atoms with Gasteiger partial charge in [0.05, 0.1) is 13.2 Å². The summed E-state index contributed by atoms with van der Waals surface area (Å²) in [7, 11) is 0. The van der Waals surface area contributed by atoms with Gasteiger partial charge in [-0.15, -0.1) is 0 Å². The Bertz CT molecular complexity index is 731. The van der Waals surface area contributed by atoms with Crippen molar-refractivity contribution in [2.45, 2.75) is 19.1 Å². The molecule has 2 aromatic carbocycles. The number of hydrogen-bond donors (Lipinski definition) is 1. The van der Waals surface area contributed by atoms with Crippen molar-refractivity contribution < 1.29 is 14.3 Å². The standard InChI is InChI=1S/C20H22N2O3/c23-20(19-13-16-5-1-2-7-18(16)25-19)21-17-6-3-4-15(12-17)14-22-8-10-24-11-9-22/h1-7,12,19H,8-11,13-14H2,(H,21,23)/t19-/m1/s1. The molecule has 5 heteroatoms. The highest BCUT2D eigenvalue weighted by atomic mass is 16.5. The monoisotopic (exact) mass is 338 g/mol. The number of nitrogens with zero attached hydrogens (tertiary/aromatic N) is 1. The van der Waals surface area contributed by atoms with Gasteiger partial charge in [0.1, 0.15) is 5.75 Å². The number of amides is 1. The van der Waals surface area contributed by atoms with E-state index in [0.717, 1.165) is 49.8 Å². The zero-order chi connectivity index (χ0) is 17.1. The molecule has 2 aromatic rings. The first-order valence-electron chi connectivity index (χ1n) is 8.72. The summed E-state index contributed by atoms with van der Waals surface area (Å²) >= 11 is 0. The van der Waals surface area contributed by atoms with Crippen molar-refractivity contribution >= 4 is 11.6 Å². The quantitative estimate of drug-likeness (QED) is 0.930. The summed E-state index contributed by atoms with van der Waals surface area (Å²) in [6.45, 7) is 4.35. The molecule has 0 spiro atoms. The van der Waals surface area contributed by atoms with Crippen LogP contribution in [0.3, 0.4) is 0 Å². The number of ether oxygens (including phenoxy) is 2. The SMILES string of the molecule is O=C(Nc1cccc(CN2CCOCC2)c1)[C@H]1Cc2ccccc2O1. The Kier molecular flexibility index (Phi) is 4.68. The Labute approximate surface area is 147 Å². The van der Waals surface area contributed by atoms with E-state index in [4.69, 9.17) is 9.47 Å². The average molecular weight is 338 g/mol. The molecule has 2 heterocycles. The number of para-hydroxylation sites is 1. The molecule has 1 fully saturated rings. The Balaban J connectivity index is 1.38. The van der Waals surface area contributed by atoms with Crippen LogP contribution in [0.15, 0.2) is 48.5 Å². The van der Waals surface area contributed by atoms with Gasteiger partial charge in [0.15, 0.2) is 6.10 Å². The van der Waals surface area contributed by atoms with E-state index in [1.165, 1.54) is 5.56 Å². The molecule has 0 aliphatic carbocycles. The van der Waals surface area contributed by atoms with Crippen LogP contribution in [0.1, 0.15) is 11.1 Å². The van der Waals surface area contributed by atoms with Crippen molar-refractivity contribution in [1.29, 1.82) is 0 Å². The molecule has 0 aromatic heterocycles. The Morgan fingerprint density at radius 2 is 1.96 bits per heavy atom. The minimum Gasteiger partial charge on any atom is -0.480 e. The maximum absolute atomic E-state index is 12.5. The van der Waals surface area contributed by atoms with Crippen LogP contribution in [0.4, 0.5) is 5.69 Å². The van der Waals surface area contributed by atoms with Gasteiger partial charge in [-0.2, -0.15) is 0 Å². The van der Waals surface area contributed by atoms with Crippen LogP contribution in [0.25, 0.3) is 0 Å². The predicted octanol–water partition coefficient (Wildman–Crippen LogP) is 2.46. The number of carbonyl (C=O) groups excluding carboxylic acids is 1. The molecule has 130 valence electrons. The number of hydrogen-bond acceptors (Lipinski definition) is 4. The fourth-order valence-electron chi connectivity index (χ4n) is 3.32. The molecular weight excluding hydrogens is 316 g/mol. The summed E-state index contributed by atoms with van der Waals surface area (Å²) in [5.41, 5.74) is 3.09. The molecular formula is C20H22N2O3. The lowest BCUT2D eigenvalue weighted by Crippen LogP contribution is -2.35. The average Bonchev–Trinajstić information content (AvgIpc) is 3.07. The summed E-state index contributed by atoms with van der Waals surface area (Å²) in [5.74, 6) is 0.712. The smallest absolute Gasteiger partial charge is 0.265 e. The molecule has 0 unspecified atom stereocenters. The first-order chi connectivity index (χ1) is 12.3. The van der Waals surface area contributed by atoms with E-state index in [1.54, 1.807) is 0 Å². The van der Waals surface area contributed by atoms with Gasteiger partial charge in [-0.3, -0.25) is 9.69 Å². The zero-order valence-electron chi connectivity index (χ0n) is 14.1. The Hall–Kier alpha value is -2.37. The van der Waals surface area contributed by atoms with Gasteiger partial charge >= 0.3 is 0 Å². The molecule has 0 saturated carbocycles. The van der Waals surface area contributed by atoms with Gasteiger partial charge in [0, 0.05) is 31.7 Å². The number of benzene rings is 2. The summed E-state index contributed by atoms with van der Waals surface area (Å²) < 4.78 is 11.1. The molecule has 25 heavy (non-hydrogen) atoms. The van der Waals surface area contributed by atoms with E-state index in [2.05, 4.69) is 16.3 Å².